The lowest BCUT2D eigenvalue weighted by molar-refractivity contribution is 0.0690. The Kier molecular flexibility index (Phi) is 4.71. The van der Waals surface area contributed by atoms with Crippen LogP contribution in [0.2, 0.25) is 0 Å². The normalized spacial score (nSPS) is 15.6. The molecule has 0 radical (unpaired) electrons. The monoisotopic (exact) mass is 263 g/mol. The van der Waals surface area contributed by atoms with Crippen molar-refractivity contribution in [3.8, 4) is 0 Å². The number of anilines is 1. The van der Waals surface area contributed by atoms with Crippen LogP contribution in [0.15, 0.2) is 6.07 Å². The third-order valence-electron chi connectivity index (χ3n) is 3.62. The molecule has 1 heterocycles. The largest absolute Gasteiger partial charge is 0.477 e. The van der Waals surface area contributed by atoms with Crippen LogP contribution < -0.4 is 5.32 Å². The first-order chi connectivity index (χ1) is 9.15. The number of carbonyl (C=O) groups is 1. The van der Waals surface area contributed by atoms with Crippen molar-refractivity contribution in [3.05, 3.63) is 17.5 Å². The molecule has 5 heteroatoms. The van der Waals surface area contributed by atoms with Crippen molar-refractivity contribution in [1.82, 2.24) is 9.97 Å². The second-order valence-corrected chi connectivity index (χ2v) is 5.24. The number of aromatic nitrogens is 2. The van der Waals surface area contributed by atoms with E-state index in [0.29, 0.717) is 11.6 Å². The molecule has 5 nitrogen and oxygen atoms in total. The Balaban J connectivity index is 1.80. The molecule has 0 atom stereocenters. The van der Waals surface area contributed by atoms with Gasteiger partial charge in [-0.3, -0.25) is 0 Å². The highest BCUT2D eigenvalue weighted by Gasteiger charge is 2.14. The highest BCUT2D eigenvalue weighted by atomic mass is 16.4. The van der Waals surface area contributed by atoms with Crippen molar-refractivity contribution < 1.29 is 9.90 Å². The van der Waals surface area contributed by atoms with E-state index in [1.54, 1.807) is 6.92 Å². The van der Waals surface area contributed by atoms with Gasteiger partial charge in [-0.25, -0.2) is 14.8 Å². The van der Waals surface area contributed by atoms with Crippen LogP contribution in [0.1, 0.15) is 54.7 Å². The molecule has 1 fully saturated rings. The fourth-order valence-electron chi connectivity index (χ4n) is 2.65. The van der Waals surface area contributed by atoms with Crippen LogP contribution in [-0.4, -0.2) is 27.6 Å². The van der Waals surface area contributed by atoms with Crippen molar-refractivity contribution >= 4 is 11.9 Å². The first-order valence-corrected chi connectivity index (χ1v) is 6.98. The predicted octanol–water partition coefficient (Wildman–Crippen LogP) is 2.87. The Morgan fingerprint density at radius 2 is 2.16 bits per heavy atom. The van der Waals surface area contributed by atoms with Gasteiger partial charge in [-0.15, -0.1) is 0 Å². The molecule has 0 aromatic carbocycles. The van der Waals surface area contributed by atoms with Crippen LogP contribution in [0.5, 0.6) is 0 Å². The summed E-state index contributed by atoms with van der Waals surface area (Å²) in [6, 6.07) is 1.48. The van der Waals surface area contributed by atoms with Crippen molar-refractivity contribution in [2.75, 3.05) is 11.9 Å². The SMILES string of the molecule is Cc1cc(C(=O)O)nc(NCCCC2CCCC2)n1. The number of hydrogen-bond acceptors (Lipinski definition) is 4. The van der Waals surface area contributed by atoms with E-state index in [4.69, 9.17) is 5.11 Å². The van der Waals surface area contributed by atoms with Gasteiger partial charge in [0.05, 0.1) is 0 Å². The third-order valence-corrected chi connectivity index (χ3v) is 3.62. The predicted molar refractivity (Wildman–Crippen MR) is 73.4 cm³/mol. The smallest absolute Gasteiger partial charge is 0.354 e. The third kappa shape index (κ3) is 4.19. The molecule has 19 heavy (non-hydrogen) atoms. The average Bonchev–Trinajstić information content (AvgIpc) is 2.87. The van der Waals surface area contributed by atoms with Gasteiger partial charge in [0.15, 0.2) is 5.69 Å². The molecular weight excluding hydrogens is 242 g/mol. The van der Waals surface area contributed by atoms with E-state index in [1.807, 2.05) is 0 Å². The number of nitrogens with zero attached hydrogens (tertiary/aromatic N) is 2. The molecule has 0 saturated heterocycles. The quantitative estimate of drug-likeness (QED) is 0.772. The average molecular weight is 263 g/mol. The molecule has 1 aliphatic rings. The Bertz CT molecular complexity index is 442. The molecule has 0 bridgehead atoms. The lowest BCUT2D eigenvalue weighted by Gasteiger charge is -2.09. The first kappa shape index (κ1) is 13.8. The first-order valence-electron chi connectivity index (χ1n) is 6.98. The summed E-state index contributed by atoms with van der Waals surface area (Å²) in [5, 5.41) is 12.0. The van der Waals surface area contributed by atoms with E-state index in [9.17, 15) is 4.79 Å². The van der Waals surface area contributed by atoms with Crippen molar-refractivity contribution in [3.63, 3.8) is 0 Å². The van der Waals surface area contributed by atoms with Gasteiger partial charge in [-0.2, -0.15) is 0 Å². The molecule has 0 aliphatic heterocycles. The van der Waals surface area contributed by atoms with E-state index in [-0.39, 0.29) is 5.69 Å². The summed E-state index contributed by atoms with van der Waals surface area (Å²) in [5.41, 5.74) is 0.719. The summed E-state index contributed by atoms with van der Waals surface area (Å²) in [6.45, 7) is 2.58. The van der Waals surface area contributed by atoms with E-state index in [1.165, 1.54) is 38.2 Å². The van der Waals surface area contributed by atoms with Crippen molar-refractivity contribution in [1.29, 1.82) is 0 Å². The maximum absolute atomic E-state index is 10.9. The summed E-state index contributed by atoms with van der Waals surface area (Å²) >= 11 is 0. The molecule has 0 unspecified atom stereocenters. The van der Waals surface area contributed by atoms with Crippen LogP contribution in [0, 0.1) is 12.8 Å². The minimum Gasteiger partial charge on any atom is -0.477 e. The van der Waals surface area contributed by atoms with E-state index >= 15 is 0 Å². The Morgan fingerprint density at radius 3 is 2.84 bits per heavy atom. The van der Waals surface area contributed by atoms with Crippen LogP contribution in [0.4, 0.5) is 5.95 Å². The zero-order valence-electron chi connectivity index (χ0n) is 11.4. The second-order valence-electron chi connectivity index (χ2n) is 5.24. The Hall–Kier alpha value is -1.65. The molecule has 0 spiro atoms. The zero-order valence-corrected chi connectivity index (χ0v) is 11.4. The van der Waals surface area contributed by atoms with Crippen LogP contribution >= 0.6 is 0 Å². The number of aromatic carboxylic acids is 1. The van der Waals surface area contributed by atoms with E-state index in [2.05, 4.69) is 15.3 Å². The second kappa shape index (κ2) is 6.50. The molecule has 104 valence electrons. The van der Waals surface area contributed by atoms with Gasteiger partial charge in [0.2, 0.25) is 5.95 Å². The van der Waals surface area contributed by atoms with Crippen molar-refractivity contribution in [2.24, 2.45) is 5.92 Å². The number of carboxylic acids is 1. The fourth-order valence-corrected chi connectivity index (χ4v) is 2.65. The number of aryl methyl sites for hydroxylation is 1. The fraction of sp³-hybridized carbons (Fsp3) is 0.643. The van der Waals surface area contributed by atoms with Gasteiger partial charge >= 0.3 is 5.97 Å². The number of rotatable bonds is 6. The summed E-state index contributed by atoms with van der Waals surface area (Å²) in [7, 11) is 0. The van der Waals surface area contributed by atoms with Crippen molar-refractivity contribution in [2.45, 2.75) is 45.4 Å². The molecule has 1 aliphatic carbocycles. The zero-order chi connectivity index (χ0) is 13.7. The lowest BCUT2D eigenvalue weighted by atomic mass is 10.0. The van der Waals surface area contributed by atoms with Gasteiger partial charge in [0.1, 0.15) is 0 Å². The minimum absolute atomic E-state index is 0.0470. The van der Waals surface area contributed by atoms with Gasteiger partial charge in [0, 0.05) is 12.2 Å². The molecule has 0 amide bonds. The summed E-state index contributed by atoms with van der Waals surface area (Å²) in [6.07, 6.45) is 7.81. The van der Waals surface area contributed by atoms with E-state index < -0.39 is 5.97 Å². The number of nitrogens with one attached hydrogen (secondary N) is 1. The highest BCUT2D eigenvalue weighted by Crippen LogP contribution is 2.28. The maximum atomic E-state index is 10.9. The lowest BCUT2D eigenvalue weighted by Crippen LogP contribution is -2.11. The topological polar surface area (TPSA) is 75.1 Å². The Labute approximate surface area is 113 Å². The minimum atomic E-state index is -1.01. The summed E-state index contributed by atoms with van der Waals surface area (Å²) < 4.78 is 0. The van der Waals surface area contributed by atoms with Gasteiger partial charge in [0.25, 0.3) is 0 Å². The summed E-state index contributed by atoms with van der Waals surface area (Å²) in [4.78, 5) is 19.1. The van der Waals surface area contributed by atoms with Crippen LogP contribution in [-0.2, 0) is 0 Å². The molecule has 1 aromatic rings. The molecule has 1 aromatic heterocycles. The maximum Gasteiger partial charge on any atom is 0.354 e. The molecule has 2 N–H and O–H groups in total. The van der Waals surface area contributed by atoms with Gasteiger partial charge < -0.3 is 10.4 Å². The molecule has 2 rings (SSSR count). The van der Waals surface area contributed by atoms with E-state index in [0.717, 1.165) is 18.9 Å². The van der Waals surface area contributed by atoms with Crippen LogP contribution in [0.25, 0.3) is 0 Å². The standard InChI is InChI=1S/C14H21N3O2/c1-10-9-12(13(18)19)17-14(16-10)15-8-4-7-11-5-2-3-6-11/h9,11H,2-8H2,1H3,(H,18,19)(H,15,16,17). The molecule has 1 saturated carbocycles. The van der Waals surface area contributed by atoms with Crippen LogP contribution in [0.3, 0.4) is 0 Å². The number of hydrogen-bond donors (Lipinski definition) is 2. The highest BCUT2D eigenvalue weighted by molar-refractivity contribution is 5.85. The van der Waals surface area contributed by atoms with Gasteiger partial charge in [-0.05, 0) is 31.7 Å². The number of carboxylic acid groups (broad SMARTS) is 1. The molecular formula is C14H21N3O2. The summed E-state index contributed by atoms with van der Waals surface area (Å²) in [5.74, 6) is 0.290. The Morgan fingerprint density at radius 1 is 1.42 bits per heavy atom. The van der Waals surface area contributed by atoms with Gasteiger partial charge in [-0.1, -0.05) is 25.7 Å².